The van der Waals surface area contributed by atoms with Gasteiger partial charge in [0, 0.05) is 27.1 Å². The van der Waals surface area contributed by atoms with E-state index in [0.29, 0.717) is 10.8 Å². The van der Waals surface area contributed by atoms with Crippen LogP contribution in [0.4, 0.5) is 10.8 Å². The first-order valence-electron chi connectivity index (χ1n) is 11.1. The first kappa shape index (κ1) is 24.4. The van der Waals surface area contributed by atoms with E-state index in [1.807, 2.05) is 80.6 Å². The van der Waals surface area contributed by atoms with Crippen LogP contribution in [-0.2, 0) is 9.59 Å². The van der Waals surface area contributed by atoms with Crippen molar-refractivity contribution in [3.63, 3.8) is 0 Å². The zero-order valence-corrected chi connectivity index (χ0v) is 21.1. The Labute approximate surface area is 213 Å². The van der Waals surface area contributed by atoms with Crippen LogP contribution < -0.4 is 10.6 Å². The van der Waals surface area contributed by atoms with E-state index in [2.05, 4.69) is 27.8 Å². The van der Waals surface area contributed by atoms with E-state index in [0.717, 1.165) is 26.6 Å². The van der Waals surface area contributed by atoms with Gasteiger partial charge < -0.3 is 10.6 Å². The van der Waals surface area contributed by atoms with Crippen molar-refractivity contribution in [1.82, 2.24) is 4.98 Å². The van der Waals surface area contributed by atoms with Gasteiger partial charge in [-0.3, -0.25) is 9.59 Å². The third kappa shape index (κ3) is 7.15. The smallest absolute Gasteiger partial charge is 0.248 e. The molecule has 0 atom stereocenters. The fourth-order valence-corrected chi connectivity index (χ4v) is 4.92. The van der Waals surface area contributed by atoms with Crippen molar-refractivity contribution in [2.45, 2.75) is 18.7 Å². The van der Waals surface area contributed by atoms with E-state index in [1.165, 1.54) is 34.7 Å². The zero-order chi connectivity index (χ0) is 24.6. The number of benzene rings is 3. The molecule has 0 aliphatic heterocycles. The Kier molecular flexibility index (Phi) is 8.13. The van der Waals surface area contributed by atoms with Gasteiger partial charge in [-0.15, -0.1) is 23.1 Å². The molecule has 5 nitrogen and oxygen atoms in total. The van der Waals surface area contributed by atoms with E-state index >= 15 is 0 Å². The summed E-state index contributed by atoms with van der Waals surface area (Å²) >= 11 is 2.87. The molecule has 4 aromatic rings. The summed E-state index contributed by atoms with van der Waals surface area (Å²) in [5, 5.41) is 6.35. The fourth-order valence-electron chi connectivity index (χ4n) is 3.32. The lowest BCUT2D eigenvalue weighted by Crippen LogP contribution is -2.13. The molecule has 176 valence electrons. The van der Waals surface area contributed by atoms with Crippen molar-refractivity contribution in [2.24, 2.45) is 0 Å². The van der Waals surface area contributed by atoms with Crippen LogP contribution in [0, 0.1) is 13.8 Å². The minimum Gasteiger partial charge on any atom is -0.322 e. The first-order chi connectivity index (χ1) is 17.0. The lowest BCUT2D eigenvalue weighted by atomic mass is 10.1. The van der Waals surface area contributed by atoms with Gasteiger partial charge in [0.1, 0.15) is 0 Å². The van der Waals surface area contributed by atoms with E-state index < -0.39 is 0 Å². The van der Waals surface area contributed by atoms with Gasteiger partial charge in [0.05, 0.1) is 11.4 Å². The van der Waals surface area contributed by atoms with Crippen LogP contribution in [0.2, 0.25) is 0 Å². The molecular weight excluding hydrogens is 474 g/mol. The number of nitrogens with zero attached hydrogens (tertiary/aromatic N) is 1. The molecule has 0 bridgehead atoms. The van der Waals surface area contributed by atoms with Crippen LogP contribution in [0.3, 0.4) is 0 Å². The van der Waals surface area contributed by atoms with Crippen LogP contribution in [-0.4, -0.2) is 22.6 Å². The average Bonchev–Trinajstić information content (AvgIpc) is 3.22. The minimum absolute atomic E-state index is 0.126. The molecule has 2 N–H and O–H groups in total. The third-order valence-electron chi connectivity index (χ3n) is 5.07. The molecule has 0 spiro atoms. The molecule has 0 aliphatic rings. The highest BCUT2D eigenvalue weighted by Gasteiger charge is 2.12. The SMILES string of the molecule is Cc1ccc(-c2nc(NC(=O)CSc3cccc(NC(=O)/C=C/c4ccccc4)c3)sc2C)cc1. The van der Waals surface area contributed by atoms with Gasteiger partial charge >= 0.3 is 0 Å². The number of thiazole rings is 1. The quantitative estimate of drug-likeness (QED) is 0.206. The molecule has 0 aliphatic carbocycles. The molecule has 35 heavy (non-hydrogen) atoms. The summed E-state index contributed by atoms with van der Waals surface area (Å²) in [5.41, 5.74) is 4.76. The van der Waals surface area contributed by atoms with E-state index in [-0.39, 0.29) is 17.6 Å². The number of thioether (sulfide) groups is 1. The predicted octanol–water partition coefficient (Wildman–Crippen LogP) is 6.81. The Morgan fingerprint density at radius 2 is 1.71 bits per heavy atom. The van der Waals surface area contributed by atoms with Gasteiger partial charge in [0.25, 0.3) is 0 Å². The topological polar surface area (TPSA) is 71.1 Å². The number of aromatic nitrogens is 1. The van der Waals surface area contributed by atoms with Crippen LogP contribution >= 0.6 is 23.1 Å². The third-order valence-corrected chi connectivity index (χ3v) is 6.95. The summed E-state index contributed by atoms with van der Waals surface area (Å²) in [4.78, 5) is 31.3. The molecule has 0 radical (unpaired) electrons. The van der Waals surface area contributed by atoms with Crippen LogP contribution in [0.5, 0.6) is 0 Å². The van der Waals surface area contributed by atoms with Crippen molar-refractivity contribution >= 4 is 51.8 Å². The van der Waals surface area contributed by atoms with E-state index in [9.17, 15) is 9.59 Å². The second kappa shape index (κ2) is 11.6. The van der Waals surface area contributed by atoms with Crippen molar-refractivity contribution < 1.29 is 9.59 Å². The summed E-state index contributed by atoms with van der Waals surface area (Å²) in [7, 11) is 0. The van der Waals surface area contributed by atoms with Gasteiger partial charge in [0.2, 0.25) is 11.8 Å². The largest absolute Gasteiger partial charge is 0.322 e. The summed E-state index contributed by atoms with van der Waals surface area (Å²) in [6.45, 7) is 4.06. The number of hydrogen-bond donors (Lipinski definition) is 2. The maximum absolute atomic E-state index is 12.5. The highest BCUT2D eigenvalue weighted by Crippen LogP contribution is 2.31. The standard InChI is InChI=1S/C28H25N3O2S2/c1-19-11-14-22(15-12-19)27-20(2)35-28(31-27)30-26(33)18-34-24-10-6-9-23(17-24)29-25(32)16-13-21-7-4-3-5-8-21/h3-17H,18H2,1-2H3,(H,29,32)(H,30,31,33)/b16-13+. The molecule has 7 heteroatoms. The van der Waals surface area contributed by atoms with Gasteiger partial charge in [-0.05, 0) is 43.7 Å². The monoisotopic (exact) mass is 499 g/mol. The highest BCUT2D eigenvalue weighted by molar-refractivity contribution is 8.00. The van der Waals surface area contributed by atoms with Crippen LogP contribution in [0.25, 0.3) is 17.3 Å². The summed E-state index contributed by atoms with van der Waals surface area (Å²) in [6, 6.07) is 25.3. The molecular formula is C28H25N3O2S2. The molecule has 0 saturated heterocycles. The lowest BCUT2D eigenvalue weighted by Gasteiger charge is -2.06. The molecule has 0 fully saturated rings. The Balaban J connectivity index is 1.30. The lowest BCUT2D eigenvalue weighted by molar-refractivity contribution is -0.114. The second-order valence-electron chi connectivity index (χ2n) is 7.89. The van der Waals surface area contributed by atoms with Crippen LogP contribution in [0.1, 0.15) is 16.0 Å². The minimum atomic E-state index is -0.211. The number of aryl methyl sites for hydroxylation is 2. The summed E-state index contributed by atoms with van der Waals surface area (Å²) < 4.78 is 0. The maximum Gasteiger partial charge on any atom is 0.248 e. The normalized spacial score (nSPS) is 10.9. The summed E-state index contributed by atoms with van der Waals surface area (Å²) in [6.07, 6.45) is 3.27. The van der Waals surface area contributed by atoms with Crippen molar-refractivity contribution in [2.75, 3.05) is 16.4 Å². The molecule has 3 aromatic carbocycles. The highest BCUT2D eigenvalue weighted by atomic mass is 32.2. The molecule has 1 heterocycles. The Morgan fingerprint density at radius 1 is 0.943 bits per heavy atom. The average molecular weight is 500 g/mol. The molecule has 0 unspecified atom stereocenters. The molecule has 2 amide bonds. The second-order valence-corrected chi connectivity index (χ2v) is 10.1. The molecule has 0 saturated carbocycles. The van der Waals surface area contributed by atoms with Crippen molar-refractivity contribution in [3.8, 4) is 11.3 Å². The summed E-state index contributed by atoms with van der Waals surface area (Å²) in [5.74, 6) is -0.0965. The van der Waals surface area contributed by atoms with E-state index in [4.69, 9.17) is 0 Å². The number of anilines is 2. The number of carbonyl (C=O) groups is 2. The van der Waals surface area contributed by atoms with Crippen LogP contribution in [0.15, 0.2) is 89.8 Å². The van der Waals surface area contributed by atoms with Crippen molar-refractivity contribution in [1.29, 1.82) is 0 Å². The maximum atomic E-state index is 12.5. The number of carbonyl (C=O) groups excluding carboxylic acids is 2. The number of hydrogen-bond acceptors (Lipinski definition) is 5. The Morgan fingerprint density at radius 3 is 2.49 bits per heavy atom. The van der Waals surface area contributed by atoms with Gasteiger partial charge in [-0.25, -0.2) is 4.98 Å². The number of nitrogens with one attached hydrogen (secondary N) is 2. The van der Waals surface area contributed by atoms with Gasteiger partial charge in [-0.2, -0.15) is 0 Å². The van der Waals surface area contributed by atoms with Gasteiger partial charge in [-0.1, -0.05) is 66.2 Å². The molecule has 4 rings (SSSR count). The molecule has 1 aromatic heterocycles. The predicted molar refractivity (Wildman–Crippen MR) is 147 cm³/mol. The van der Waals surface area contributed by atoms with Crippen molar-refractivity contribution in [3.05, 3.63) is 101 Å². The Bertz CT molecular complexity index is 1350. The Hall–Kier alpha value is -3.68. The van der Waals surface area contributed by atoms with Gasteiger partial charge in [0.15, 0.2) is 5.13 Å². The first-order valence-corrected chi connectivity index (χ1v) is 12.9. The number of rotatable bonds is 8. The van der Waals surface area contributed by atoms with E-state index in [1.54, 1.807) is 6.08 Å². The zero-order valence-electron chi connectivity index (χ0n) is 19.4. The number of amides is 2. The fraction of sp³-hybridized carbons (Fsp3) is 0.107.